The van der Waals surface area contributed by atoms with Gasteiger partial charge in [-0.15, -0.1) is 17.5 Å². The van der Waals surface area contributed by atoms with E-state index in [0.717, 1.165) is 12.8 Å². The van der Waals surface area contributed by atoms with Gasteiger partial charge in [0.15, 0.2) is 0 Å². The van der Waals surface area contributed by atoms with E-state index in [1.54, 1.807) is 10.9 Å². The van der Waals surface area contributed by atoms with E-state index in [9.17, 15) is 0 Å². The monoisotopic (exact) mass is 231 g/mol. The van der Waals surface area contributed by atoms with Crippen LogP contribution in [0.25, 0.3) is 0 Å². The maximum Gasteiger partial charge on any atom is 0.256 e. The predicted molar refractivity (Wildman–Crippen MR) is 62.4 cm³/mol. The standard InChI is InChI=1S/C10H17N3O.ClH/c1-13-7-9(11)10(12-13)14-8-5-3-2-4-6-8;/h7-8H,2-6,11H2,1H3;1H. The average Bonchev–Trinajstić information content (AvgIpc) is 2.47. The minimum atomic E-state index is 0. The zero-order valence-electron chi connectivity index (χ0n) is 8.98. The number of hydrogen-bond donors (Lipinski definition) is 1. The fraction of sp³-hybridized carbons (Fsp3) is 0.700. The first-order valence-corrected chi connectivity index (χ1v) is 5.21. The largest absolute Gasteiger partial charge is 0.472 e. The molecule has 86 valence electrons. The van der Waals surface area contributed by atoms with Crippen molar-refractivity contribution in [3.63, 3.8) is 0 Å². The molecule has 15 heavy (non-hydrogen) atoms. The number of hydrogen-bond acceptors (Lipinski definition) is 3. The number of nitrogens with zero attached hydrogens (tertiary/aromatic N) is 2. The first-order chi connectivity index (χ1) is 6.75. The summed E-state index contributed by atoms with van der Waals surface area (Å²) in [7, 11) is 1.85. The summed E-state index contributed by atoms with van der Waals surface area (Å²) in [6.45, 7) is 0. The van der Waals surface area contributed by atoms with Crippen molar-refractivity contribution in [3.8, 4) is 5.88 Å². The number of ether oxygens (including phenoxy) is 1. The molecule has 1 aliphatic rings. The quantitative estimate of drug-likeness (QED) is 0.849. The third-order valence-electron chi connectivity index (χ3n) is 2.65. The topological polar surface area (TPSA) is 53.1 Å². The van der Waals surface area contributed by atoms with Gasteiger partial charge in [0.2, 0.25) is 0 Å². The van der Waals surface area contributed by atoms with Crippen molar-refractivity contribution >= 4 is 18.1 Å². The molecule has 0 aromatic carbocycles. The Kier molecular flexibility index (Phi) is 4.27. The lowest BCUT2D eigenvalue weighted by molar-refractivity contribution is 0.148. The van der Waals surface area contributed by atoms with Gasteiger partial charge in [-0.3, -0.25) is 4.68 Å². The first-order valence-electron chi connectivity index (χ1n) is 5.21. The number of aromatic nitrogens is 2. The SMILES string of the molecule is Cl.Cn1cc(N)c(OC2CCCCC2)n1. The van der Waals surface area contributed by atoms with Crippen molar-refractivity contribution in [3.05, 3.63) is 6.20 Å². The Hall–Kier alpha value is -0.900. The lowest BCUT2D eigenvalue weighted by Crippen LogP contribution is -2.20. The maximum atomic E-state index is 5.75. The van der Waals surface area contributed by atoms with Crippen LogP contribution in [-0.2, 0) is 7.05 Å². The molecule has 1 fully saturated rings. The summed E-state index contributed by atoms with van der Waals surface area (Å²) in [4.78, 5) is 0. The molecule has 4 nitrogen and oxygen atoms in total. The van der Waals surface area contributed by atoms with E-state index >= 15 is 0 Å². The summed E-state index contributed by atoms with van der Waals surface area (Å²) in [5.74, 6) is 0.597. The van der Waals surface area contributed by atoms with Crippen molar-refractivity contribution in [2.75, 3.05) is 5.73 Å². The van der Waals surface area contributed by atoms with Crippen molar-refractivity contribution < 1.29 is 4.74 Å². The van der Waals surface area contributed by atoms with Gasteiger partial charge in [0.1, 0.15) is 11.8 Å². The van der Waals surface area contributed by atoms with E-state index in [4.69, 9.17) is 10.5 Å². The fourth-order valence-electron chi connectivity index (χ4n) is 1.92. The molecule has 0 bridgehead atoms. The Morgan fingerprint density at radius 1 is 1.40 bits per heavy atom. The van der Waals surface area contributed by atoms with Crippen LogP contribution in [0.15, 0.2) is 6.20 Å². The summed E-state index contributed by atoms with van der Waals surface area (Å²) < 4.78 is 7.44. The van der Waals surface area contributed by atoms with E-state index in [0.29, 0.717) is 17.7 Å². The summed E-state index contributed by atoms with van der Waals surface area (Å²) in [5.41, 5.74) is 6.39. The molecule has 0 atom stereocenters. The van der Waals surface area contributed by atoms with Gasteiger partial charge < -0.3 is 10.5 Å². The number of aryl methyl sites for hydroxylation is 1. The second kappa shape index (κ2) is 5.26. The molecule has 5 heteroatoms. The molecule has 1 aromatic heterocycles. The minimum absolute atomic E-state index is 0. The highest BCUT2D eigenvalue weighted by molar-refractivity contribution is 5.85. The summed E-state index contributed by atoms with van der Waals surface area (Å²) >= 11 is 0. The van der Waals surface area contributed by atoms with E-state index in [1.807, 2.05) is 7.05 Å². The molecular formula is C10H18ClN3O. The zero-order chi connectivity index (χ0) is 9.97. The zero-order valence-corrected chi connectivity index (χ0v) is 9.80. The van der Waals surface area contributed by atoms with Gasteiger partial charge in [0.25, 0.3) is 5.88 Å². The lowest BCUT2D eigenvalue weighted by Gasteiger charge is -2.21. The Morgan fingerprint density at radius 3 is 2.60 bits per heavy atom. The number of rotatable bonds is 2. The van der Waals surface area contributed by atoms with Crippen LogP contribution in [0.3, 0.4) is 0 Å². The van der Waals surface area contributed by atoms with Crippen molar-refractivity contribution in [1.82, 2.24) is 9.78 Å². The number of nitrogen functional groups attached to an aromatic ring is 1. The van der Waals surface area contributed by atoms with E-state index < -0.39 is 0 Å². The van der Waals surface area contributed by atoms with E-state index in [2.05, 4.69) is 5.10 Å². The second-order valence-corrected chi connectivity index (χ2v) is 3.94. The molecule has 0 unspecified atom stereocenters. The van der Waals surface area contributed by atoms with Crippen LogP contribution in [0.4, 0.5) is 5.69 Å². The van der Waals surface area contributed by atoms with Crippen molar-refractivity contribution in [2.24, 2.45) is 7.05 Å². The smallest absolute Gasteiger partial charge is 0.256 e. The molecule has 2 rings (SSSR count). The van der Waals surface area contributed by atoms with Gasteiger partial charge in [-0.05, 0) is 25.7 Å². The van der Waals surface area contributed by atoms with Gasteiger partial charge in [0, 0.05) is 7.05 Å². The molecule has 0 amide bonds. The van der Waals surface area contributed by atoms with Crippen molar-refractivity contribution in [1.29, 1.82) is 0 Å². The first kappa shape index (κ1) is 12.2. The third kappa shape index (κ3) is 3.02. The molecule has 0 aliphatic heterocycles. The highest BCUT2D eigenvalue weighted by Gasteiger charge is 2.17. The maximum absolute atomic E-state index is 5.75. The molecule has 0 saturated heterocycles. The van der Waals surface area contributed by atoms with Gasteiger partial charge in [-0.25, -0.2) is 0 Å². The predicted octanol–water partition coefficient (Wildman–Crippen LogP) is 2.14. The average molecular weight is 232 g/mol. The molecule has 2 N–H and O–H groups in total. The minimum Gasteiger partial charge on any atom is -0.472 e. The summed E-state index contributed by atoms with van der Waals surface area (Å²) in [5, 5.41) is 4.17. The van der Waals surface area contributed by atoms with Crippen LogP contribution in [0.1, 0.15) is 32.1 Å². The van der Waals surface area contributed by atoms with Gasteiger partial charge in [-0.2, -0.15) is 0 Å². The molecule has 0 spiro atoms. The number of anilines is 1. The van der Waals surface area contributed by atoms with Crippen LogP contribution in [0, 0.1) is 0 Å². The highest BCUT2D eigenvalue weighted by atomic mass is 35.5. The van der Waals surface area contributed by atoms with Crippen LogP contribution in [0.5, 0.6) is 5.88 Å². The molecule has 0 radical (unpaired) electrons. The van der Waals surface area contributed by atoms with Crippen LogP contribution >= 0.6 is 12.4 Å². The second-order valence-electron chi connectivity index (χ2n) is 3.94. The van der Waals surface area contributed by atoms with Crippen LogP contribution < -0.4 is 10.5 Å². The van der Waals surface area contributed by atoms with Crippen LogP contribution in [0.2, 0.25) is 0 Å². The molecule has 1 heterocycles. The Morgan fingerprint density at radius 2 is 2.07 bits per heavy atom. The molecule has 1 aliphatic carbocycles. The van der Waals surface area contributed by atoms with Gasteiger partial charge in [-0.1, -0.05) is 6.42 Å². The van der Waals surface area contributed by atoms with Crippen LogP contribution in [-0.4, -0.2) is 15.9 Å². The fourth-order valence-corrected chi connectivity index (χ4v) is 1.92. The Bertz CT molecular complexity index is 308. The molecule has 1 saturated carbocycles. The summed E-state index contributed by atoms with van der Waals surface area (Å²) in [6, 6.07) is 0. The molecular weight excluding hydrogens is 214 g/mol. The number of nitrogens with two attached hydrogens (primary N) is 1. The normalized spacial score (nSPS) is 17.1. The van der Waals surface area contributed by atoms with Crippen molar-refractivity contribution in [2.45, 2.75) is 38.2 Å². The summed E-state index contributed by atoms with van der Waals surface area (Å²) in [6.07, 6.45) is 8.22. The van der Waals surface area contributed by atoms with Gasteiger partial charge in [0.05, 0.1) is 6.20 Å². The third-order valence-corrected chi connectivity index (χ3v) is 2.65. The Balaban J connectivity index is 0.00000112. The van der Waals surface area contributed by atoms with Gasteiger partial charge >= 0.3 is 0 Å². The lowest BCUT2D eigenvalue weighted by atomic mass is 9.98. The highest BCUT2D eigenvalue weighted by Crippen LogP contribution is 2.25. The van der Waals surface area contributed by atoms with E-state index in [-0.39, 0.29) is 12.4 Å². The molecule has 1 aromatic rings. The van der Waals surface area contributed by atoms with E-state index in [1.165, 1.54) is 19.3 Å². The number of halogens is 1. The Labute approximate surface area is 96.2 Å².